The van der Waals surface area contributed by atoms with Crippen molar-refractivity contribution in [2.75, 3.05) is 13.1 Å². The Morgan fingerprint density at radius 3 is 2.67 bits per heavy atom. The highest BCUT2D eigenvalue weighted by atomic mass is 15.1. The average Bonchev–Trinajstić information content (AvgIpc) is 2.61. The van der Waals surface area contributed by atoms with Gasteiger partial charge in [-0.3, -0.25) is 10.3 Å². The van der Waals surface area contributed by atoms with Gasteiger partial charge in [0.15, 0.2) is 0 Å². The van der Waals surface area contributed by atoms with Crippen LogP contribution in [0.4, 0.5) is 0 Å². The summed E-state index contributed by atoms with van der Waals surface area (Å²) in [5.74, 6) is 0.145. The second-order valence-electron chi connectivity index (χ2n) is 6.18. The third-order valence-corrected chi connectivity index (χ3v) is 3.80. The van der Waals surface area contributed by atoms with Crippen LogP contribution in [0, 0.1) is 17.7 Å². The van der Waals surface area contributed by atoms with Gasteiger partial charge in [0.25, 0.3) is 0 Å². The number of rotatable bonds is 3. The molecule has 3 N–H and O–H groups in total. The minimum absolute atomic E-state index is 0.145. The van der Waals surface area contributed by atoms with Gasteiger partial charge in [-0.05, 0) is 42.5 Å². The lowest BCUT2D eigenvalue weighted by molar-refractivity contribution is 0.284. The largest absolute Gasteiger partial charge is 0.384 e. The summed E-state index contributed by atoms with van der Waals surface area (Å²) in [7, 11) is 0. The molecular formula is C15H23N3. The molecule has 18 heavy (non-hydrogen) atoms. The number of nitrogens with one attached hydrogen (secondary N) is 1. The molecule has 0 aromatic heterocycles. The maximum atomic E-state index is 7.45. The molecule has 3 heteroatoms. The molecule has 1 heterocycles. The molecule has 0 aliphatic carbocycles. The first kappa shape index (κ1) is 13.1. The highest BCUT2D eigenvalue weighted by Crippen LogP contribution is 2.30. The predicted molar refractivity (Wildman–Crippen MR) is 75.9 cm³/mol. The van der Waals surface area contributed by atoms with Crippen LogP contribution in [0.3, 0.4) is 0 Å². The second kappa shape index (κ2) is 4.73. The number of nitrogen functional groups attached to an aromatic ring is 1. The first-order valence-corrected chi connectivity index (χ1v) is 6.54. The molecule has 0 amide bonds. The first-order valence-electron chi connectivity index (χ1n) is 6.54. The van der Waals surface area contributed by atoms with E-state index in [1.165, 1.54) is 30.6 Å². The van der Waals surface area contributed by atoms with Crippen molar-refractivity contribution >= 4 is 5.84 Å². The van der Waals surface area contributed by atoms with E-state index in [1.54, 1.807) is 0 Å². The Bertz CT molecular complexity index is 463. The Morgan fingerprint density at radius 2 is 2.17 bits per heavy atom. The number of likely N-dealkylation sites (tertiary alicyclic amines) is 1. The molecule has 3 nitrogen and oxygen atoms in total. The van der Waals surface area contributed by atoms with Gasteiger partial charge >= 0.3 is 0 Å². The van der Waals surface area contributed by atoms with Crippen LogP contribution in [0.1, 0.15) is 37.0 Å². The van der Waals surface area contributed by atoms with E-state index >= 15 is 0 Å². The van der Waals surface area contributed by atoms with Crippen molar-refractivity contribution in [2.45, 2.75) is 33.7 Å². The zero-order valence-electron chi connectivity index (χ0n) is 11.6. The quantitative estimate of drug-likeness (QED) is 0.635. The monoisotopic (exact) mass is 245 g/mol. The van der Waals surface area contributed by atoms with Crippen molar-refractivity contribution < 1.29 is 0 Å². The van der Waals surface area contributed by atoms with Crippen LogP contribution in [0.5, 0.6) is 0 Å². The topological polar surface area (TPSA) is 53.1 Å². The molecule has 1 aromatic rings. The van der Waals surface area contributed by atoms with Gasteiger partial charge in [-0.1, -0.05) is 26.0 Å². The Balaban J connectivity index is 2.09. The van der Waals surface area contributed by atoms with E-state index in [0.717, 1.165) is 12.1 Å². The molecular weight excluding hydrogens is 222 g/mol. The summed E-state index contributed by atoms with van der Waals surface area (Å²) >= 11 is 0. The molecule has 0 spiro atoms. The standard InChI is InChI=1S/C15H23N3/c1-11-8-12(14(16)17)4-5-13(11)9-18-7-6-15(2,3)10-18/h4-5,8H,6-7,9-10H2,1-3H3,(H3,16,17). The molecule has 0 bridgehead atoms. The molecule has 2 rings (SSSR count). The Labute approximate surface area is 109 Å². The molecule has 1 aromatic carbocycles. The van der Waals surface area contributed by atoms with E-state index in [4.69, 9.17) is 11.1 Å². The molecule has 1 aliphatic heterocycles. The van der Waals surface area contributed by atoms with E-state index in [9.17, 15) is 0 Å². The first-order chi connectivity index (χ1) is 8.37. The van der Waals surface area contributed by atoms with E-state index < -0.39 is 0 Å². The molecule has 0 radical (unpaired) electrons. The number of hydrogen-bond acceptors (Lipinski definition) is 2. The second-order valence-corrected chi connectivity index (χ2v) is 6.18. The predicted octanol–water partition coefficient (Wildman–Crippen LogP) is 2.51. The lowest BCUT2D eigenvalue weighted by Gasteiger charge is -2.20. The van der Waals surface area contributed by atoms with Gasteiger partial charge in [0.1, 0.15) is 5.84 Å². The van der Waals surface area contributed by atoms with Crippen molar-refractivity contribution in [3.8, 4) is 0 Å². The highest BCUT2D eigenvalue weighted by Gasteiger charge is 2.29. The van der Waals surface area contributed by atoms with Crippen molar-refractivity contribution in [1.29, 1.82) is 5.41 Å². The summed E-state index contributed by atoms with van der Waals surface area (Å²) in [6.07, 6.45) is 1.28. The highest BCUT2D eigenvalue weighted by molar-refractivity contribution is 5.95. The van der Waals surface area contributed by atoms with Gasteiger partial charge in [-0.2, -0.15) is 0 Å². The fourth-order valence-corrected chi connectivity index (χ4v) is 2.64. The van der Waals surface area contributed by atoms with Crippen LogP contribution in [0.15, 0.2) is 18.2 Å². The molecule has 0 atom stereocenters. The molecule has 98 valence electrons. The van der Waals surface area contributed by atoms with Crippen molar-refractivity contribution in [3.63, 3.8) is 0 Å². The van der Waals surface area contributed by atoms with E-state index in [-0.39, 0.29) is 5.84 Å². The van der Waals surface area contributed by atoms with Gasteiger partial charge in [0.2, 0.25) is 0 Å². The zero-order chi connectivity index (χ0) is 13.3. The minimum atomic E-state index is 0.145. The number of amidine groups is 1. The summed E-state index contributed by atoms with van der Waals surface area (Å²) in [6, 6.07) is 6.07. The average molecular weight is 245 g/mol. The third kappa shape index (κ3) is 2.91. The van der Waals surface area contributed by atoms with E-state index in [0.29, 0.717) is 5.41 Å². The van der Waals surface area contributed by atoms with Gasteiger partial charge in [-0.25, -0.2) is 0 Å². The molecule has 1 saturated heterocycles. The van der Waals surface area contributed by atoms with Gasteiger partial charge < -0.3 is 5.73 Å². The summed E-state index contributed by atoms with van der Waals surface area (Å²) in [6.45, 7) is 10.1. The number of nitrogens with zero attached hydrogens (tertiary/aromatic N) is 1. The zero-order valence-corrected chi connectivity index (χ0v) is 11.6. The van der Waals surface area contributed by atoms with Crippen LogP contribution in [0.2, 0.25) is 0 Å². The van der Waals surface area contributed by atoms with Gasteiger partial charge in [-0.15, -0.1) is 0 Å². The maximum absolute atomic E-state index is 7.45. The molecule has 0 unspecified atom stereocenters. The number of nitrogens with two attached hydrogens (primary N) is 1. The van der Waals surface area contributed by atoms with Gasteiger partial charge in [0, 0.05) is 18.7 Å². The summed E-state index contributed by atoms with van der Waals surface area (Å²) < 4.78 is 0. The Kier molecular flexibility index (Phi) is 3.44. The SMILES string of the molecule is Cc1cc(C(=N)N)ccc1CN1CCC(C)(C)C1. The lowest BCUT2D eigenvalue weighted by atomic mass is 9.93. The van der Waals surface area contributed by atoms with E-state index in [2.05, 4.69) is 31.7 Å². The van der Waals surface area contributed by atoms with Crippen molar-refractivity contribution in [2.24, 2.45) is 11.1 Å². The van der Waals surface area contributed by atoms with Crippen LogP contribution >= 0.6 is 0 Å². The summed E-state index contributed by atoms with van der Waals surface area (Å²) in [5, 5.41) is 7.45. The minimum Gasteiger partial charge on any atom is -0.384 e. The summed E-state index contributed by atoms with van der Waals surface area (Å²) in [5.41, 5.74) is 9.35. The number of benzene rings is 1. The number of aryl methyl sites for hydroxylation is 1. The molecule has 1 fully saturated rings. The lowest BCUT2D eigenvalue weighted by Crippen LogP contribution is -2.23. The fraction of sp³-hybridized carbons (Fsp3) is 0.533. The third-order valence-electron chi connectivity index (χ3n) is 3.80. The van der Waals surface area contributed by atoms with Gasteiger partial charge in [0.05, 0.1) is 0 Å². The Morgan fingerprint density at radius 1 is 1.44 bits per heavy atom. The van der Waals surface area contributed by atoms with Crippen LogP contribution in [-0.4, -0.2) is 23.8 Å². The van der Waals surface area contributed by atoms with Crippen LogP contribution in [0.25, 0.3) is 0 Å². The number of hydrogen-bond donors (Lipinski definition) is 2. The van der Waals surface area contributed by atoms with Crippen LogP contribution < -0.4 is 5.73 Å². The maximum Gasteiger partial charge on any atom is 0.122 e. The van der Waals surface area contributed by atoms with Crippen molar-refractivity contribution in [1.82, 2.24) is 4.90 Å². The molecule has 1 aliphatic rings. The van der Waals surface area contributed by atoms with Crippen molar-refractivity contribution in [3.05, 3.63) is 34.9 Å². The normalized spacial score (nSPS) is 19.1. The molecule has 0 saturated carbocycles. The summed E-state index contributed by atoms with van der Waals surface area (Å²) in [4.78, 5) is 2.51. The fourth-order valence-electron chi connectivity index (χ4n) is 2.64. The van der Waals surface area contributed by atoms with E-state index in [1.807, 2.05) is 12.1 Å². The van der Waals surface area contributed by atoms with Crippen LogP contribution in [-0.2, 0) is 6.54 Å². The Hall–Kier alpha value is -1.35. The smallest absolute Gasteiger partial charge is 0.122 e.